The number of nitrogens with one attached hydrogen (secondary N) is 2. The van der Waals surface area contributed by atoms with Crippen LogP contribution in [0.3, 0.4) is 0 Å². The normalized spacial score (nSPS) is 12.2. The topological polar surface area (TPSA) is 74.5 Å². The number of aliphatic imine (C=N–C) groups is 1. The molecule has 3 aromatic rings. The monoisotopic (exact) mass is 547 g/mol. The zero-order valence-electron chi connectivity index (χ0n) is 19.1. The van der Waals surface area contributed by atoms with Crippen LogP contribution >= 0.6 is 24.0 Å². The van der Waals surface area contributed by atoms with Gasteiger partial charge in [-0.2, -0.15) is 5.10 Å². The van der Waals surface area contributed by atoms with Crippen LogP contribution in [0.25, 0.3) is 0 Å². The van der Waals surface area contributed by atoms with Gasteiger partial charge in [-0.1, -0.05) is 60.7 Å². The molecule has 0 aliphatic carbocycles. The summed E-state index contributed by atoms with van der Waals surface area (Å²) in [5.41, 5.74) is 5.63. The number of hydrogen-bond donors (Lipinski definition) is 3. The molecule has 1 heterocycles. The standard InChI is InChI=1S/C25H33N5O.HI/c1-4-26-25(27-15-23(18-31)22-13-9-6-10-14-22)28-16-24-19(2)29-30(20(24)3)17-21-11-7-5-8-12-21;/h5-14,23,31H,4,15-18H2,1-3H3,(H2,26,27,28);1H. The summed E-state index contributed by atoms with van der Waals surface area (Å²) < 4.78 is 2.05. The number of nitrogens with zero attached hydrogens (tertiary/aromatic N) is 3. The van der Waals surface area contributed by atoms with E-state index in [9.17, 15) is 5.11 Å². The number of guanidine groups is 1. The molecule has 7 heteroatoms. The minimum atomic E-state index is 0. The predicted molar refractivity (Wildman–Crippen MR) is 142 cm³/mol. The number of rotatable bonds is 9. The summed E-state index contributed by atoms with van der Waals surface area (Å²) in [5.74, 6) is 0.758. The van der Waals surface area contributed by atoms with E-state index in [0.29, 0.717) is 13.1 Å². The summed E-state index contributed by atoms with van der Waals surface area (Å²) in [7, 11) is 0. The van der Waals surface area contributed by atoms with E-state index in [2.05, 4.69) is 41.8 Å². The Labute approximate surface area is 208 Å². The van der Waals surface area contributed by atoms with Gasteiger partial charge in [-0.05, 0) is 31.9 Å². The Balaban J connectivity index is 0.00000363. The quantitative estimate of drug-likeness (QED) is 0.215. The Kier molecular flexibility index (Phi) is 10.7. The minimum absolute atomic E-state index is 0. The fraction of sp³-hybridized carbons (Fsp3) is 0.360. The fourth-order valence-electron chi connectivity index (χ4n) is 3.61. The van der Waals surface area contributed by atoms with Gasteiger partial charge in [0, 0.05) is 30.3 Å². The third-order valence-electron chi connectivity index (χ3n) is 5.45. The second kappa shape index (κ2) is 13.2. The number of benzene rings is 2. The molecule has 0 aliphatic rings. The van der Waals surface area contributed by atoms with Crippen molar-refractivity contribution in [2.75, 3.05) is 19.7 Å². The van der Waals surface area contributed by atoms with Gasteiger partial charge in [-0.15, -0.1) is 24.0 Å². The minimum Gasteiger partial charge on any atom is -0.396 e. The highest BCUT2D eigenvalue weighted by atomic mass is 127. The van der Waals surface area contributed by atoms with Crippen LogP contribution in [0.1, 0.15) is 40.9 Å². The number of aliphatic hydroxyl groups excluding tert-OH is 1. The summed E-state index contributed by atoms with van der Waals surface area (Å²) >= 11 is 0. The van der Waals surface area contributed by atoms with Crippen LogP contribution in [0.15, 0.2) is 65.7 Å². The molecule has 1 aromatic heterocycles. The Hall–Kier alpha value is -2.39. The van der Waals surface area contributed by atoms with Crippen molar-refractivity contribution in [2.45, 2.75) is 39.8 Å². The summed E-state index contributed by atoms with van der Waals surface area (Å²) in [6.45, 7) is 8.96. The molecule has 0 bridgehead atoms. The first-order valence-electron chi connectivity index (χ1n) is 10.9. The highest BCUT2D eigenvalue weighted by Gasteiger charge is 2.13. The van der Waals surface area contributed by atoms with E-state index in [0.717, 1.165) is 41.6 Å². The average Bonchev–Trinajstić information content (AvgIpc) is 3.06. The molecule has 0 saturated heterocycles. The van der Waals surface area contributed by atoms with E-state index in [1.54, 1.807) is 0 Å². The molecule has 0 saturated carbocycles. The number of aliphatic hydroxyl groups is 1. The van der Waals surface area contributed by atoms with Crippen molar-refractivity contribution in [3.8, 4) is 0 Å². The van der Waals surface area contributed by atoms with Crippen molar-refractivity contribution in [1.29, 1.82) is 0 Å². The van der Waals surface area contributed by atoms with Gasteiger partial charge in [0.15, 0.2) is 5.96 Å². The van der Waals surface area contributed by atoms with E-state index in [4.69, 9.17) is 10.1 Å². The van der Waals surface area contributed by atoms with E-state index in [1.807, 2.05) is 54.9 Å². The van der Waals surface area contributed by atoms with Crippen LogP contribution < -0.4 is 10.6 Å². The Bertz CT molecular complexity index is 973. The van der Waals surface area contributed by atoms with Crippen molar-refractivity contribution < 1.29 is 5.11 Å². The van der Waals surface area contributed by atoms with E-state index in [1.165, 1.54) is 5.56 Å². The van der Waals surface area contributed by atoms with Gasteiger partial charge >= 0.3 is 0 Å². The van der Waals surface area contributed by atoms with Crippen molar-refractivity contribution in [2.24, 2.45) is 4.99 Å². The maximum Gasteiger partial charge on any atom is 0.191 e. The Morgan fingerprint density at radius 2 is 1.69 bits per heavy atom. The summed E-state index contributed by atoms with van der Waals surface area (Å²) in [5, 5.41) is 21.2. The zero-order chi connectivity index (χ0) is 22.1. The lowest BCUT2D eigenvalue weighted by atomic mass is 10.0. The third kappa shape index (κ3) is 7.06. The molecule has 32 heavy (non-hydrogen) atoms. The third-order valence-corrected chi connectivity index (χ3v) is 5.45. The predicted octanol–water partition coefficient (Wildman–Crippen LogP) is 4.00. The molecule has 0 spiro atoms. The molecule has 3 N–H and O–H groups in total. The molecular formula is C25H34IN5O. The van der Waals surface area contributed by atoms with Crippen LogP contribution in [0.5, 0.6) is 0 Å². The van der Waals surface area contributed by atoms with Gasteiger partial charge in [0.25, 0.3) is 0 Å². The van der Waals surface area contributed by atoms with Gasteiger partial charge in [-0.3, -0.25) is 4.68 Å². The van der Waals surface area contributed by atoms with E-state index < -0.39 is 0 Å². The Morgan fingerprint density at radius 3 is 2.31 bits per heavy atom. The zero-order valence-corrected chi connectivity index (χ0v) is 21.4. The lowest BCUT2D eigenvalue weighted by Crippen LogP contribution is -2.40. The second-order valence-corrected chi connectivity index (χ2v) is 7.66. The van der Waals surface area contributed by atoms with Crippen molar-refractivity contribution >= 4 is 29.9 Å². The summed E-state index contributed by atoms with van der Waals surface area (Å²) in [6, 6.07) is 20.4. The average molecular weight is 547 g/mol. The van der Waals surface area contributed by atoms with E-state index >= 15 is 0 Å². The molecule has 0 amide bonds. The first kappa shape index (κ1) is 25.9. The SMILES string of the molecule is CCNC(=NCc1c(C)nn(Cc2ccccc2)c1C)NCC(CO)c1ccccc1.I. The largest absolute Gasteiger partial charge is 0.396 e. The molecular weight excluding hydrogens is 513 g/mol. The molecule has 1 unspecified atom stereocenters. The first-order valence-corrected chi connectivity index (χ1v) is 10.9. The van der Waals surface area contributed by atoms with Crippen LogP contribution in [0.2, 0.25) is 0 Å². The number of aromatic nitrogens is 2. The van der Waals surface area contributed by atoms with Gasteiger partial charge in [0.05, 0.1) is 25.4 Å². The van der Waals surface area contributed by atoms with Crippen molar-refractivity contribution in [3.05, 3.63) is 88.7 Å². The van der Waals surface area contributed by atoms with Gasteiger partial charge in [0.2, 0.25) is 0 Å². The molecule has 3 rings (SSSR count). The van der Waals surface area contributed by atoms with Gasteiger partial charge < -0.3 is 15.7 Å². The maximum atomic E-state index is 9.82. The molecule has 2 aromatic carbocycles. The number of halogens is 1. The molecule has 0 aliphatic heterocycles. The van der Waals surface area contributed by atoms with Gasteiger partial charge in [0.1, 0.15) is 0 Å². The lowest BCUT2D eigenvalue weighted by molar-refractivity contribution is 0.265. The molecule has 6 nitrogen and oxygen atoms in total. The lowest BCUT2D eigenvalue weighted by Gasteiger charge is -2.18. The highest BCUT2D eigenvalue weighted by molar-refractivity contribution is 14.0. The molecule has 0 radical (unpaired) electrons. The fourth-order valence-corrected chi connectivity index (χ4v) is 3.61. The summed E-state index contributed by atoms with van der Waals surface area (Å²) in [4.78, 5) is 4.79. The molecule has 1 atom stereocenters. The second-order valence-electron chi connectivity index (χ2n) is 7.66. The van der Waals surface area contributed by atoms with Crippen LogP contribution in [-0.2, 0) is 13.1 Å². The first-order chi connectivity index (χ1) is 15.1. The smallest absolute Gasteiger partial charge is 0.191 e. The molecule has 0 fully saturated rings. The number of aryl methyl sites for hydroxylation is 1. The maximum absolute atomic E-state index is 9.82. The Morgan fingerprint density at radius 1 is 1.03 bits per heavy atom. The van der Waals surface area contributed by atoms with Crippen LogP contribution in [0.4, 0.5) is 0 Å². The molecule has 172 valence electrons. The van der Waals surface area contributed by atoms with Crippen molar-refractivity contribution in [1.82, 2.24) is 20.4 Å². The van der Waals surface area contributed by atoms with Crippen molar-refractivity contribution in [3.63, 3.8) is 0 Å². The van der Waals surface area contributed by atoms with Crippen LogP contribution in [-0.4, -0.2) is 40.5 Å². The highest BCUT2D eigenvalue weighted by Crippen LogP contribution is 2.16. The van der Waals surface area contributed by atoms with E-state index in [-0.39, 0.29) is 36.5 Å². The summed E-state index contributed by atoms with van der Waals surface area (Å²) in [6.07, 6.45) is 0. The van der Waals surface area contributed by atoms with Crippen LogP contribution in [0, 0.1) is 13.8 Å². The number of hydrogen-bond acceptors (Lipinski definition) is 3. The van der Waals surface area contributed by atoms with Gasteiger partial charge in [-0.25, -0.2) is 4.99 Å².